The van der Waals surface area contributed by atoms with E-state index >= 15 is 0 Å². The van der Waals surface area contributed by atoms with Gasteiger partial charge in [-0.1, -0.05) is 0 Å². The first-order chi connectivity index (χ1) is 16.5. The molecule has 1 fully saturated rings. The van der Waals surface area contributed by atoms with Crippen LogP contribution in [0.15, 0.2) is 43.1 Å². The summed E-state index contributed by atoms with van der Waals surface area (Å²) in [5.41, 5.74) is 7.83. The van der Waals surface area contributed by atoms with Crippen LogP contribution in [0.4, 0.5) is 17.6 Å². The highest BCUT2D eigenvalue weighted by molar-refractivity contribution is 5.73. The number of halogens is 4. The Hall–Kier alpha value is -3.74. The van der Waals surface area contributed by atoms with Gasteiger partial charge in [-0.25, -0.2) is 23.8 Å². The van der Waals surface area contributed by atoms with Crippen molar-refractivity contribution in [1.29, 1.82) is 0 Å². The van der Waals surface area contributed by atoms with Crippen molar-refractivity contribution in [1.82, 2.24) is 19.7 Å². The Morgan fingerprint density at radius 1 is 1.20 bits per heavy atom. The number of carbonyl (C=O) groups is 1. The molecule has 0 spiro atoms. The number of hydrogen-bond acceptors (Lipinski definition) is 7. The third-order valence-corrected chi connectivity index (χ3v) is 5.34. The lowest BCUT2D eigenvalue weighted by Crippen LogP contribution is -2.28. The summed E-state index contributed by atoms with van der Waals surface area (Å²) < 4.78 is 52.9. The van der Waals surface area contributed by atoms with Crippen LogP contribution in [0.2, 0.25) is 0 Å². The molecule has 2 heterocycles. The van der Waals surface area contributed by atoms with Crippen molar-refractivity contribution in [2.24, 2.45) is 11.7 Å². The molecule has 0 bridgehead atoms. The van der Waals surface area contributed by atoms with Crippen LogP contribution in [0, 0.1) is 11.7 Å². The van der Waals surface area contributed by atoms with Gasteiger partial charge in [0.15, 0.2) is 17.3 Å². The summed E-state index contributed by atoms with van der Waals surface area (Å²) in [5, 5.41) is 20.7. The third-order valence-electron chi connectivity index (χ3n) is 5.34. The number of benzene rings is 1. The van der Waals surface area contributed by atoms with Crippen LogP contribution < -0.4 is 10.5 Å². The predicted octanol–water partition coefficient (Wildman–Crippen LogP) is 3.70. The Morgan fingerprint density at radius 2 is 1.89 bits per heavy atom. The minimum atomic E-state index is -5.08. The number of nitrogens with zero attached hydrogens (tertiary/aromatic N) is 4. The lowest BCUT2D eigenvalue weighted by molar-refractivity contribution is -0.192. The first-order valence-electron chi connectivity index (χ1n) is 10.6. The number of carboxylic acids is 1. The number of phenolic OH excluding ortho intramolecular Hbond substituents is 1. The fraction of sp³-hybridized carbons (Fsp3) is 0.364. The molecule has 0 radical (unpaired) electrons. The average molecular weight is 497 g/mol. The van der Waals surface area contributed by atoms with Gasteiger partial charge in [0.25, 0.3) is 0 Å². The molecular weight excluding hydrogens is 474 g/mol. The second-order valence-corrected chi connectivity index (χ2v) is 7.94. The fourth-order valence-electron chi connectivity index (χ4n) is 3.43. The maximum Gasteiger partial charge on any atom is 0.490 e. The SMILES string of the molecule is NC1CCC(COc2cncnc2-c2cnn(-c3ccc(O)c(F)c3)c2)CC1.O=C(O)C(F)(F)F. The summed E-state index contributed by atoms with van der Waals surface area (Å²) in [6, 6.07) is 4.40. The van der Waals surface area contributed by atoms with Gasteiger partial charge in [-0.15, -0.1) is 0 Å². The van der Waals surface area contributed by atoms with Gasteiger partial charge in [-0.05, 0) is 43.7 Å². The number of ether oxygens (including phenoxy) is 1. The maximum absolute atomic E-state index is 13.6. The van der Waals surface area contributed by atoms with Crippen LogP contribution in [0.1, 0.15) is 25.7 Å². The number of aromatic hydroxyl groups is 1. The van der Waals surface area contributed by atoms with Crippen molar-refractivity contribution in [2.45, 2.75) is 37.9 Å². The monoisotopic (exact) mass is 497 g/mol. The first-order valence-corrected chi connectivity index (χ1v) is 10.6. The van der Waals surface area contributed by atoms with Crippen LogP contribution >= 0.6 is 0 Å². The fourth-order valence-corrected chi connectivity index (χ4v) is 3.43. The second-order valence-electron chi connectivity index (χ2n) is 7.94. The van der Waals surface area contributed by atoms with E-state index in [0.29, 0.717) is 35.7 Å². The number of rotatable bonds is 5. The second kappa shape index (κ2) is 11.1. The molecule has 0 amide bonds. The predicted molar refractivity (Wildman–Crippen MR) is 115 cm³/mol. The standard InChI is InChI=1S/C20H22FN5O2.C2HF3O2/c21-17-7-16(5-6-18(17)27)26-10-14(8-25-26)20-19(9-23-12-24-20)28-11-13-1-3-15(22)4-2-13;3-2(4,5)1(6)7/h5-10,12-13,15,27H,1-4,11,22H2;(H,6,7). The minimum Gasteiger partial charge on any atom is -0.505 e. The zero-order chi connectivity index (χ0) is 25.6. The maximum atomic E-state index is 13.6. The van der Waals surface area contributed by atoms with E-state index in [1.54, 1.807) is 24.7 Å². The molecule has 0 unspecified atom stereocenters. The molecule has 9 nitrogen and oxygen atoms in total. The van der Waals surface area contributed by atoms with Crippen LogP contribution in [-0.4, -0.2) is 54.8 Å². The van der Waals surface area contributed by atoms with Gasteiger partial charge in [0.2, 0.25) is 0 Å². The van der Waals surface area contributed by atoms with Crippen molar-refractivity contribution >= 4 is 5.97 Å². The molecule has 13 heteroatoms. The number of alkyl halides is 3. The van der Waals surface area contributed by atoms with Crippen molar-refractivity contribution in [3.05, 3.63) is 48.9 Å². The number of carboxylic acid groups (broad SMARTS) is 1. The molecule has 1 aromatic carbocycles. The first kappa shape index (κ1) is 25.9. The van der Waals surface area contributed by atoms with E-state index in [1.165, 1.54) is 23.1 Å². The van der Waals surface area contributed by atoms with Gasteiger partial charge in [-0.2, -0.15) is 18.3 Å². The lowest BCUT2D eigenvalue weighted by Gasteiger charge is -2.26. The highest BCUT2D eigenvalue weighted by Gasteiger charge is 2.38. The van der Waals surface area contributed by atoms with Gasteiger partial charge < -0.3 is 20.7 Å². The van der Waals surface area contributed by atoms with E-state index in [2.05, 4.69) is 15.1 Å². The zero-order valence-electron chi connectivity index (χ0n) is 18.3. The molecule has 1 saturated carbocycles. The van der Waals surface area contributed by atoms with Gasteiger partial charge in [-0.3, -0.25) is 0 Å². The molecule has 0 atom stereocenters. The normalized spacial score (nSPS) is 17.9. The zero-order valence-corrected chi connectivity index (χ0v) is 18.3. The molecule has 0 saturated heterocycles. The van der Waals surface area contributed by atoms with Gasteiger partial charge in [0.05, 0.1) is 24.7 Å². The number of nitrogens with two attached hydrogens (primary N) is 1. The Morgan fingerprint density at radius 3 is 2.51 bits per heavy atom. The lowest BCUT2D eigenvalue weighted by atomic mass is 9.87. The van der Waals surface area contributed by atoms with Crippen molar-refractivity contribution in [3.8, 4) is 28.4 Å². The van der Waals surface area contributed by atoms with E-state index < -0.39 is 23.7 Å². The summed E-state index contributed by atoms with van der Waals surface area (Å²) in [7, 11) is 0. The Balaban J connectivity index is 0.000000429. The summed E-state index contributed by atoms with van der Waals surface area (Å²) in [4.78, 5) is 17.3. The van der Waals surface area contributed by atoms with Crippen LogP contribution in [-0.2, 0) is 4.79 Å². The van der Waals surface area contributed by atoms with E-state index in [-0.39, 0.29) is 0 Å². The quantitative estimate of drug-likeness (QED) is 0.454. The minimum absolute atomic E-state index is 0.308. The van der Waals surface area contributed by atoms with E-state index in [4.69, 9.17) is 20.4 Å². The molecular formula is C22H23F4N5O4. The Labute approximate surface area is 197 Å². The highest BCUT2D eigenvalue weighted by Crippen LogP contribution is 2.30. The molecule has 4 rings (SSSR count). The van der Waals surface area contributed by atoms with Crippen LogP contribution in [0.3, 0.4) is 0 Å². The van der Waals surface area contributed by atoms with Gasteiger partial charge in [0.1, 0.15) is 12.0 Å². The third kappa shape index (κ3) is 7.12. The molecule has 1 aliphatic rings. The summed E-state index contributed by atoms with van der Waals surface area (Å²) >= 11 is 0. The molecule has 1 aliphatic carbocycles. The van der Waals surface area contributed by atoms with Crippen molar-refractivity contribution in [2.75, 3.05) is 6.61 Å². The van der Waals surface area contributed by atoms with Gasteiger partial charge in [0, 0.05) is 23.9 Å². The molecule has 0 aliphatic heterocycles. The topological polar surface area (TPSA) is 136 Å². The molecule has 188 valence electrons. The molecule has 2 aromatic heterocycles. The average Bonchev–Trinajstić information content (AvgIpc) is 3.31. The molecule has 3 aromatic rings. The summed E-state index contributed by atoms with van der Waals surface area (Å²) in [6.07, 6.45) is 5.58. The van der Waals surface area contributed by atoms with Crippen LogP contribution in [0.5, 0.6) is 11.5 Å². The molecule has 35 heavy (non-hydrogen) atoms. The van der Waals surface area contributed by atoms with Gasteiger partial charge >= 0.3 is 12.1 Å². The highest BCUT2D eigenvalue weighted by atomic mass is 19.4. The smallest absolute Gasteiger partial charge is 0.490 e. The van der Waals surface area contributed by atoms with Crippen LogP contribution in [0.25, 0.3) is 16.9 Å². The number of hydrogen-bond donors (Lipinski definition) is 3. The van der Waals surface area contributed by atoms with E-state index in [0.717, 1.165) is 31.2 Å². The Bertz CT molecular complexity index is 1150. The largest absolute Gasteiger partial charge is 0.505 e. The summed E-state index contributed by atoms with van der Waals surface area (Å²) in [5.74, 6) is -2.78. The van der Waals surface area contributed by atoms with E-state index in [1.807, 2.05) is 0 Å². The Kier molecular flexibility index (Phi) is 8.22. The molecule has 4 N–H and O–H groups in total. The van der Waals surface area contributed by atoms with E-state index in [9.17, 15) is 22.7 Å². The van der Waals surface area contributed by atoms with Crippen molar-refractivity contribution < 1.29 is 37.3 Å². The summed E-state index contributed by atoms with van der Waals surface area (Å²) in [6.45, 7) is 0.602. The number of phenols is 1. The van der Waals surface area contributed by atoms with Crippen molar-refractivity contribution in [3.63, 3.8) is 0 Å². The number of aromatic nitrogens is 4. The number of aliphatic carboxylic acids is 1.